The topological polar surface area (TPSA) is 20.2 Å². The average Bonchev–Trinajstić information content (AvgIpc) is 2.59. The van der Waals surface area contributed by atoms with E-state index in [-0.39, 0.29) is 6.10 Å². The molecule has 90 valence electrons. The number of hydrogen-bond donors (Lipinski definition) is 1. The predicted octanol–water partition coefficient (Wildman–Crippen LogP) is 4.22. The number of aliphatic hydroxyl groups is 1. The van der Waals surface area contributed by atoms with Crippen LogP contribution in [0.1, 0.15) is 54.0 Å². The first-order valence-corrected chi connectivity index (χ1v) is 7.14. The first-order valence-electron chi connectivity index (χ1n) is 6.33. The van der Waals surface area contributed by atoms with Gasteiger partial charge in [0.2, 0.25) is 0 Å². The van der Waals surface area contributed by atoms with Crippen LogP contribution < -0.4 is 0 Å². The standard InChI is InChI=1S/C14H22OS/c1-9-4-6-12(7-5-9)14(15)13-8-10(2)11(3)16-13/h8-9,12,14-15H,4-7H2,1-3H3. The molecule has 0 saturated heterocycles. The largest absolute Gasteiger partial charge is 0.387 e. The van der Waals surface area contributed by atoms with Crippen LogP contribution in [0.3, 0.4) is 0 Å². The van der Waals surface area contributed by atoms with E-state index in [0.717, 1.165) is 5.92 Å². The molecule has 1 aliphatic rings. The molecule has 1 unspecified atom stereocenters. The average molecular weight is 238 g/mol. The fourth-order valence-corrected chi connectivity index (χ4v) is 3.70. The summed E-state index contributed by atoms with van der Waals surface area (Å²) in [5.74, 6) is 1.35. The summed E-state index contributed by atoms with van der Waals surface area (Å²) >= 11 is 1.77. The van der Waals surface area contributed by atoms with Gasteiger partial charge in [-0.25, -0.2) is 0 Å². The number of aliphatic hydroxyl groups excluding tert-OH is 1. The van der Waals surface area contributed by atoms with Gasteiger partial charge in [-0.1, -0.05) is 19.8 Å². The van der Waals surface area contributed by atoms with Crippen molar-refractivity contribution in [3.63, 3.8) is 0 Å². The highest BCUT2D eigenvalue weighted by Crippen LogP contribution is 2.39. The summed E-state index contributed by atoms with van der Waals surface area (Å²) in [6, 6.07) is 2.17. The van der Waals surface area contributed by atoms with E-state index < -0.39 is 0 Å². The van der Waals surface area contributed by atoms with E-state index in [2.05, 4.69) is 26.8 Å². The van der Waals surface area contributed by atoms with Gasteiger partial charge in [-0.3, -0.25) is 0 Å². The van der Waals surface area contributed by atoms with Gasteiger partial charge in [-0.2, -0.15) is 0 Å². The molecule has 0 aromatic carbocycles. The maximum atomic E-state index is 10.4. The molecule has 1 aromatic heterocycles. The Hall–Kier alpha value is -0.340. The first kappa shape index (κ1) is 12.1. The van der Waals surface area contributed by atoms with E-state index in [9.17, 15) is 5.11 Å². The van der Waals surface area contributed by atoms with Crippen molar-refractivity contribution in [3.05, 3.63) is 21.4 Å². The van der Waals surface area contributed by atoms with Gasteiger partial charge in [0.25, 0.3) is 0 Å². The smallest absolute Gasteiger partial charge is 0.0910 e. The third kappa shape index (κ3) is 2.49. The molecule has 1 nitrogen and oxygen atoms in total. The molecular formula is C14H22OS. The van der Waals surface area contributed by atoms with Crippen molar-refractivity contribution in [1.82, 2.24) is 0 Å². The van der Waals surface area contributed by atoms with E-state index in [1.165, 1.54) is 41.0 Å². The molecule has 1 aromatic rings. The Morgan fingerprint density at radius 1 is 1.25 bits per heavy atom. The van der Waals surface area contributed by atoms with Crippen LogP contribution in [0.4, 0.5) is 0 Å². The number of rotatable bonds is 2. The van der Waals surface area contributed by atoms with E-state index in [1.54, 1.807) is 11.3 Å². The fraction of sp³-hybridized carbons (Fsp3) is 0.714. The summed E-state index contributed by atoms with van der Waals surface area (Å²) in [5.41, 5.74) is 1.32. The molecule has 16 heavy (non-hydrogen) atoms. The monoisotopic (exact) mass is 238 g/mol. The SMILES string of the molecule is Cc1cc(C(O)C2CCC(C)CC2)sc1C. The number of thiophene rings is 1. The van der Waals surface area contributed by atoms with Crippen LogP contribution in [0.5, 0.6) is 0 Å². The van der Waals surface area contributed by atoms with Gasteiger partial charge in [0.15, 0.2) is 0 Å². The van der Waals surface area contributed by atoms with E-state index in [0.29, 0.717) is 5.92 Å². The van der Waals surface area contributed by atoms with Crippen LogP contribution >= 0.6 is 11.3 Å². The minimum absolute atomic E-state index is 0.218. The van der Waals surface area contributed by atoms with Gasteiger partial charge in [0, 0.05) is 9.75 Å². The third-order valence-electron chi connectivity index (χ3n) is 3.98. The molecule has 0 amide bonds. The summed E-state index contributed by atoms with van der Waals surface area (Å²) in [7, 11) is 0. The van der Waals surface area contributed by atoms with Crippen molar-refractivity contribution < 1.29 is 5.11 Å². The van der Waals surface area contributed by atoms with Gasteiger partial charge in [-0.05, 0) is 50.2 Å². The van der Waals surface area contributed by atoms with Gasteiger partial charge in [0.1, 0.15) is 0 Å². The highest BCUT2D eigenvalue weighted by molar-refractivity contribution is 7.12. The Bertz CT molecular complexity index is 328. The van der Waals surface area contributed by atoms with E-state index in [4.69, 9.17) is 0 Å². The molecule has 1 atom stereocenters. The lowest BCUT2D eigenvalue weighted by Gasteiger charge is -2.29. The van der Waals surface area contributed by atoms with Gasteiger partial charge < -0.3 is 5.11 Å². The molecule has 1 saturated carbocycles. The maximum Gasteiger partial charge on any atom is 0.0910 e. The zero-order valence-corrected chi connectivity index (χ0v) is 11.3. The van der Waals surface area contributed by atoms with Crippen molar-refractivity contribution in [3.8, 4) is 0 Å². The Morgan fingerprint density at radius 3 is 2.38 bits per heavy atom. The normalized spacial score (nSPS) is 28.0. The quantitative estimate of drug-likeness (QED) is 0.817. The molecule has 1 aliphatic carbocycles. The van der Waals surface area contributed by atoms with Crippen LogP contribution in [0.2, 0.25) is 0 Å². The van der Waals surface area contributed by atoms with Crippen LogP contribution in [-0.4, -0.2) is 5.11 Å². The van der Waals surface area contributed by atoms with Crippen LogP contribution in [0.25, 0.3) is 0 Å². The van der Waals surface area contributed by atoms with Gasteiger partial charge in [0.05, 0.1) is 6.10 Å². The van der Waals surface area contributed by atoms with Crippen molar-refractivity contribution >= 4 is 11.3 Å². The molecule has 1 fully saturated rings. The second-order valence-electron chi connectivity index (χ2n) is 5.35. The second kappa shape index (κ2) is 4.89. The first-order chi connectivity index (χ1) is 7.58. The molecule has 1 N–H and O–H groups in total. The lowest BCUT2D eigenvalue weighted by atomic mass is 9.80. The Morgan fingerprint density at radius 2 is 1.88 bits per heavy atom. The molecule has 0 radical (unpaired) electrons. The molecule has 0 bridgehead atoms. The van der Waals surface area contributed by atoms with E-state index in [1.807, 2.05) is 0 Å². The zero-order valence-electron chi connectivity index (χ0n) is 10.5. The van der Waals surface area contributed by atoms with E-state index >= 15 is 0 Å². The fourth-order valence-electron chi connectivity index (χ4n) is 2.58. The van der Waals surface area contributed by atoms with Crippen molar-refractivity contribution in [1.29, 1.82) is 0 Å². The highest BCUT2D eigenvalue weighted by atomic mass is 32.1. The van der Waals surface area contributed by atoms with Gasteiger partial charge >= 0.3 is 0 Å². The zero-order chi connectivity index (χ0) is 11.7. The molecule has 2 heteroatoms. The molecule has 1 heterocycles. The van der Waals surface area contributed by atoms with Crippen LogP contribution in [0.15, 0.2) is 6.07 Å². The Balaban J connectivity index is 2.04. The molecule has 2 rings (SSSR count). The highest BCUT2D eigenvalue weighted by Gasteiger charge is 2.26. The minimum atomic E-state index is -0.218. The van der Waals surface area contributed by atoms with Crippen LogP contribution in [-0.2, 0) is 0 Å². The summed E-state index contributed by atoms with van der Waals surface area (Å²) in [5, 5.41) is 10.4. The minimum Gasteiger partial charge on any atom is -0.387 e. The summed E-state index contributed by atoms with van der Waals surface area (Å²) in [6.45, 7) is 6.59. The van der Waals surface area contributed by atoms with Crippen molar-refractivity contribution in [2.24, 2.45) is 11.8 Å². The van der Waals surface area contributed by atoms with Crippen LogP contribution in [0, 0.1) is 25.7 Å². The lowest BCUT2D eigenvalue weighted by molar-refractivity contribution is 0.0784. The summed E-state index contributed by atoms with van der Waals surface area (Å²) < 4.78 is 0. The van der Waals surface area contributed by atoms with Gasteiger partial charge in [-0.15, -0.1) is 11.3 Å². The molecular weight excluding hydrogens is 216 g/mol. The predicted molar refractivity (Wildman–Crippen MR) is 69.9 cm³/mol. The second-order valence-corrected chi connectivity index (χ2v) is 6.64. The Labute approximate surface area is 103 Å². The number of hydrogen-bond acceptors (Lipinski definition) is 2. The summed E-state index contributed by atoms with van der Waals surface area (Å²) in [4.78, 5) is 2.52. The number of aryl methyl sites for hydroxylation is 2. The maximum absolute atomic E-state index is 10.4. The molecule has 0 aliphatic heterocycles. The molecule has 0 spiro atoms. The van der Waals surface area contributed by atoms with Crippen molar-refractivity contribution in [2.75, 3.05) is 0 Å². The van der Waals surface area contributed by atoms with Crippen molar-refractivity contribution in [2.45, 2.75) is 52.6 Å². The summed E-state index contributed by atoms with van der Waals surface area (Å²) in [6.07, 6.45) is 4.73. The Kier molecular flexibility index (Phi) is 3.70. The lowest BCUT2D eigenvalue weighted by Crippen LogP contribution is -2.18. The third-order valence-corrected chi connectivity index (χ3v) is 5.21.